The van der Waals surface area contributed by atoms with Gasteiger partial charge in [-0.15, -0.1) is 0 Å². The molecule has 238 valence electrons. The Morgan fingerprint density at radius 3 is 0.820 bits per heavy atom. The monoisotopic (exact) mass is 640 g/mol. The van der Waals surface area contributed by atoms with E-state index >= 15 is 0 Å². The molecule has 0 aromatic heterocycles. The highest BCUT2D eigenvalue weighted by molar-refractivity contribution is 5.95. The Labute approximate surface area is 294 Å². The van der Waals surface area contributed by atoms with Gasteiger partial charge in [0.2, 0.25) is 0 Å². The molecule has 2 nitrogen and oxygen atoms in total. The largest absolute Gasteiger partial charge is 0.310 e. The third kappa shape index (κ3) is 6.31. The van der Waals surface area contributed by atoms with E-state index in [1.807, 2.05) is 0 Å². The second-order valence-corrected chi connectivity index (χ2v) is 12.2. The molecule has 0 unspecified atom stereocenters. The third-order valence-electron chi connectivity index (χ3n) is 9.07. The standard InChI is InChI=1S/C48H36N2/c1-5-17-37(18-6-1)39-29-33-43(34-30-39)49(41-21-9-3-10-22-41)47-27-15-13-25-45(47)46-26-14-16-28-48(46)50(42-23-11-4-12-24-42)44-35-31-40(32-36-44)38-19-7-2-8-20-38/h1-36H. The Kier molecular flexibility index (Phi) is 8.73. The van der Waals surface area contributed by atoms with Gasteiger partial charge in [0.15, 0.2) is 0 Å². The molecule has 0 aliphatic carbocycles. The summed E-state index contributed by atoms with van der Waals surface area (Å²) in [5.74, 6) is 0. The topological polar surface area (TPSA) is 6.48 Å². The summed E-state index contributed by atoms with van der Waals surface area (Å²) in [6.45, 7) is 0. The van der Waals surface area contributed by atoms with Crippen LogP contribution in [0.3, 0.4) is 0 Å². The van der Waals surface area contributed by atoms with E-state index < -0.39 is 0 Å². The van der Waals surface area contributed by atoms with Crippen molar-refractivity contribution in [2.45, 2.75) is 0 Å². The summed E-state index contributed by atoms with van der Waals surface area (Å²) >= 11 is 0. The molecule has 8 aromatic carbocycles. The molecular formula is C48H36N2. The second-order valence-electron chi connectivity index (χ2n) is 12.2. The fourth-order valence-electron chi connectivity index (χ4n) is 6.67. The molecule has 0 saturated heterocycles. The van der Waals surface area contributed by atoms with Crippen LogP contribution in [0.2, 0.25) is 0 Å². The number of hydrogen-bond acceptors (Lipinski definition) is 2. The van der Waals surface area contributed by atoms with Gasteiger partial charge in [0.05, 0.1) is 11.4 Å². The summed E-state index contributed by atoms with van der Waals surface area (Å²) in [5.41, 5.74) is 13.7. The van der Waals surface area contributed by atoms with E-state index in [0.29, 0.717) is 0 Å². The van der Waals surface area contributed by atoms with Gasteiger partial charge in [0, 0.05) is 33.9 Å². The highest BCUT2D eigenvalue weighted by Gasteiger charge is 2.22. The minimum atomic E-state index is 1.09. The highest BCUT2D eigenvalue weighted by Crippen LogP contribution is 2.46. The Bertz CT molecular complexity index is 2110. The zero-order chi connectivity index (χ0) is 33.5. The molecule has 0 spiro atoms. The third-order valence-corrected chi connectivity index (χ3v) is 9.07. The molecule has 0 aliphatic heterocycles. The fourth-order valence-corrected chi connectivity index (χ4v) is 6.67. The normalized spacial score (nSPS) is 10.8. The van der Waals surface area contributed by atoms with E-state index in [1.54, 1.807) is 0 Å². The Morgan fingerprint density at radius 1 is 0.200 bits per heavy atom. The fraction of sp³-hybridized carbons (Fsp3) is 0. The number of hydrogen-bond donors (Lipinski definition) is 0. The first-order chi connectivity index (χ1) is 24.8. The second kappa shape index (κ2) is 14.2. The number of benzene rings is 8. The lowest BCUT2D eigenvalue weighted by atomic mass is 9.98. The molecule has 0 N–H and O–H groups in total. The van der Waals surface area contributed by atoms with Crippen molar-refractivity contribution in [3.05, 3.63) is 218 Å². The van der Waals surface area contributed by atoms with E-state index in [1.165, 1.54) is 22.3 Å². The molecule has 2 heteroatoms. The highest BCUT2D eigenvalue weighted by atomic mass is 15.2. The van der Waals surface area contributed by atoms with Crippen molar-refractivity contribution in [3.63, 3.8) is 0 Å². The van der Waals surface area contributed by atoms with Crippen LogP contribution in [-0.4, -0.2) is 0 Å². The summed E-state index contributed by atoms with van der Waals surface area (Å²) < 4.78 is 0. The minimum absolute atomic E-state index is 1.09. The van der Waals surface area contributed by atoms with Crippen LogP contribution in [0, 0.1) is 0 Å². The Balaban J connectivity index is 1.27. The molecule has 50 heavy (non-hydrogen) atoms. The summed E-state index contributed by atoms with van der Waals surface area (Å²) in [6, 6.07) is 77.6. The van der Waals surface area contributed by atoms with Crippen LogP contribution < -0.4 is 9.80 Å². The van der Waals surface area contributed by atoms with Gasteiger partial charge < -0.3 is 9.80 Å². The lowest BCUT2D eigenvalue weighted by molar-refractivity contribution is 1.27. The molecule has 0 radical (unpaired) electrons. The average Bonchev–Trinajstić information content (AvgIpc) is 3.21. The predicted octanol–water partition coefficient (Wildman–Crippen LogP) is 13.6. The van der Waals surface area contributed by atoms with Crippen LogP contribution in [0.5, 0.6) is 0 Å². The zero-order valence-corrected chi connectivity index (χ0v) is 27.7. The van der Waals surface area contributed by atoms with Gasteiger partial charge in [-0.3, -0.25) is 0 Å². The Morgan fingerprint density at radius 2 is 0.460 bits per heavy atom. The van der Waals surface area contributed by atoms with Crippen molar-refractivity contribution in [2.75, 3.05) is 9.80 Å². The number of rotatable bonds is 9. The van der Waals surface area contributed by atoms with E-state index in [0.717, 1.165) is 45.3 Å². The van der Waals surface area contributed by atoms with Gasteiger partial charge in [0.25, 0.3) is 0 Å². The van der Waals surface area contributed by atoms with Gasteiger partial charge in [-0.05, 0) is 82.9 Å². The summed E-state index contributed by atoms with van der Waals surface area (Å²) in [4.78, 5) is 4.73. The van der Waals surface area contributed by atoms with Crippen molar-refractivity contribution in [2.24, 2.45) is 0 Å². The molecule has 0 bridgehead atoms. The maximum absolute atomic E-state index is 2.36. The van der Waals surface area contributed by atoms with Gasteiger partial charge in [-0.2, -0.15) is 0 Å². The van der Waals surface area contributed by atoms with Crippen molar-refractivity contribution in [1.82, 2.24) is 0 Å². The van der Waals surface area contributed by atoms with Crippen molar-refractivity contribution < 1.29 is 0 Å². The summed E-state index contributed by atoms with van der Waals surface area (Å²) in [5, 5.41) is 0. The van der Waals surface area contributed by atoms with Crippen LogP contribution in [0.1, 0.15) is 0 Å². The first-order valence-electron chi connectivity index (χ1n) is 17.0. The maximum Gasteiger partial charge on any atom is 0.0540 e. The van der Waals surface area contributed by atoms with Gasteiger partial charge in [-0.25, -0.2) is 0 Å². The molecule has 0 saturated carbocycles. The van der Waals surface area contributed by atoms with Crippen LogP contribution in [0.4, 0.5) is 34.1 Å². The van der Waals surface area contributed by atoms with Crippen molar-refractivity contribution >= 4 is 34.1 Å². The maximum atomic E-state index is 2.36. The minimum Gasteiger partial charge on any atom is -0.310 e. The van der Waals surface area contributed by atoms with Crippen molar-refractivity contribution in [1.29, 1.82) is 0 Å². The van der Waals surface area contributed by atoms with Crippen molar-refractivity contribution in [3.8, 4) is 33.4 Å². The smallest absolute Gasteiger partial charge is 0.0540 e. The molecule has 0 fully saturated rings. The molecule has 0 atom stereocenters. The summed E-state index contributed by atoms with van der Waals surface area (Å²) in [6.07, 6.45) is 0. The van der Waals surface area contributed by atoms with Crippen LogP contribution in [0.25, 0.3) is 33.4 Å². The zero-order valence-electron chi connectivity index (χ0n) is 27.7. The first-order valence-corrected chi connectivity index (χ1v) is 17.0. The molecule has 0 aliphatic rings. The molecule has 0 amide bonds. The summed E-state index contributed by atoms with van der Waals surface area (Å²) in [7, 11) is 0. The SMILES string of the molecule is c1ccc(-c2ccc(N(c3ccccc3)c3ccccc3-c3ccccc3N(c3ccccc3)c3ccc(-c4ccccc4)cc3)cc2)cc1. The molecule has 8 rings (SSSR count). The van der Waals surface area contributed by atoms with Gasteiger partial charge in [-0.1, -0.05) is 158 Å². The molecular weight excluding hydrogens is 605 g/mol. The van der Waals surface area contributed by atoms with E-state index in [4.69, 9.17) is 0 Å². The predicted molar refractivity (Wildman–Crippen MR) is 212 cm³/mol. The van der Waals surface area contributed by atoms with Gasteiger partial charge >= 0.3 is 0 Å². The number of nitrogens with zero attached hydrogens (tertiary/aromatic N) is 2. The van der Waals surface area contributed by atoms with Gasteiger partial charge in [0.1, 0.15) is 0 Å². The quantitative estimate of drug-likeness (QED) is 0.155. The van der Waals surface area contributed by atoms with Crippen LogP contribution in [-0.2, 0) is 0 Å². The number of para-hydroxylation sites is 4. The molecule has 0 heterocycles. The lowest BCUT2D eigenvalue weighted by Crippen LogP contribution is -2.13. The Hall–Kier alpha value is -6.64. The van der Waals surface area contributed by atoms with E-state index in [9.17, 15) is 0 Å². The molecule has 8 aromatic rings. The van der Waals surface area contributed by atoms with Crippen LogP contribution in [0.15, 0.2) is 218 Å². The van der Waals surface area contributed by atoms with Crippen LogP contribution >= 0.6 is 0 Å². The average molecular weight is 641 g/mol. The van der Waals surface area contributed by atoms with E-state index in [-0.39, 0.29) is 0 Å². The van der Waals surface area contributed by atoms with E-state index in [2.05, 4.69) is 228 Å². The first kappa shape index (κ1) is 30.7. The lowest BCUT2D eigenvalue weighted by Gasteiger charge is -2.31. The number of anilines is 6.